The molecule has 0 spiro atoms. The number of hydrogen-bond donors (Lipinski definition) is 2. The molecule has 0 aliphatic carbocycles. The van der Waals surface area contributed by atoms with Gasteiger partial charge in [0.2, 0.25) is 0 Å². The third-order valence-electron chi connectivity index (χ3n) is 5.17. The number of halogens is 1. The molecule has 1 atom stereocenters. The fraction of sp³-hybridized carbons (Fsp3) is 0.231. The van der Waals surface area contributed by atoms with E-state index in [0.717, 1.165) is 10.4 Å². The van der Waals surface area contributed by atoms with Gasteiger partial charge in [-0.05, 0) is 63.6 Å². The molecule has 36 heavy (non-hydrogen) atoms. The number of hydrazone groups is 1. The zero-order valence-corrected chi connectivity index (χ0v) is 21.8. The molecule has 2 amide bonds. The fourth-order valence-corrected chi connectivity index (χ4v) is 4.35. The maximum absolute atomic E-state index is 12.8. The minimum atomic E-state index is -0.836. The average Bonchev–Trinajstić information content (AvgIpc) is 3.13. The molecule has 0 fully saturated rings. The standard InChI is InChI=1S/C26H26ClN3O5S/c1-5-34-26(33)22-15(2)17(4)36-25(22)29-24(32)18-10-12-20(13-11-18)35-16(3)23(31)30-28-14-19-8-6-7-9-21(19)27/h6-14,16H,5H2,1-4H3,(H,29,32)(H,30,31)/b28-14-/t16-/m0/s1. The van der Waals surface area contributed by atoms with Gasteiger partial charge in [-0.15, -0.1) is 11.3 Å². The van der Waals surface area contributed by atoms with Gasteiger partial charge in [0, 0.05) is 21.0 Å². The number of aryl methyl sites for hydroxylation is 1. The lowest BCUT2D eigenvalue weighted by Gasteiger charge is -2.13. The Morgan fingerprint density at radius 3 is 2.47 bits per heavy atom. The first-order chi connectivity index (χ1) is 17.2. The van der Waals surface area contributed by atoms with E-state index >= 15 is 0 Å². The number of carbonyl (C=O) groups is 3. The van der Waals surface area contributed by atoms with E-state index < -0.39 is 18.0 Å². The van der Waals surface area contributed by atoms with E-state index in [2.05, 4.69) is 15.8 Å². The van der Waals surface area contributed by atoms with Crippen LogP contribution >= 0.6 is 22.9 Å². The second kappa shape index (κ2) is 12.3. The molecule has 0 saturated carbocycles. The van der Waals surface area contributed by atoms with Crippen molar-refractivity contribution in [2.75, 3.05) is 11.9 Å². The molecule has 188 valence electrons. The summed E-state index contributed by atoms with van der Waals surface area (Å²) in [5.74, 6) is -0.899. The number of rotatable bonds is 9. The number of thiophene rings is 1. The van der Waals surface area contributed by atoms with E-state index in [0.29, 0.717) is 32.5 Å². The van der Waals surface area contributed by atoms with Crippen molar-refractivity contribution in [3.05, 3.63) is 80.7 Å². The maximum atomic E-state index is 12.8. The highest BCUT2D eigenvalue weighted by atomic mass is 35.5. The predicted octanol–water partition coefficient (Wildman–Crippen LogP) is 5.36. The van der Waals surface area contributed by atoms with Crippen molar-refractivity contribution in [1.29, 1.82) is 0 Å². The Morgan fingerprint density at radius 2 is 1.81 bits per heavy atom. The summed E-state index contributed by atoms with van der Waals surface area (Å²) in [6, 6.07) is 13.4. The first-order valence-electron chi connectivity index (χ1n) is 11.1. The van der Waals surface area contributed by atoms with Crippen molar-refractivity contribution in [3.8, 4) is 5.75 Å². The summed E-state index contributed by atoms with van der Waals surface area (Å²) in [4.78, 5) is 38.3. The molecule has 10 heteroatoms. The Kier molecular flexibility index (Phi) is 9.21. The van der Waals surface area contributed by atoms with Crippen molar-refractivity contribution in [1.82, 2.24) is 5.43 Å². The van der Waals surface area contributed by atoms with Crippen LogP contribution in [0.4, 0.5) is 5.00 Å². The zero-order valence-electron chi connectivity index (χ0n) is 20.3. The molecule has 0 aliphatic rings. The van der Waals surface area contributed by atoms with Crippen molar-refractivity contribution >= 4 is 51.9 Å². The summed E-state index contributed by atoms with van der Waals surface area (Å²) >= 11 is 7.37. The number of nitrogens with zero attached hydrogens (tertiary/aromatic N) is 1. The largest absolute Gasteiger partial charge is 0.481 e. The average molecular weight is 528 g/mol. The number of amides is 2. The molecule has 0 aliphatic heterocycles. The van der Waals surface area contributed by atoms with Crippen molar-refractivity contribution in [2.24, 2.45) is 5.10 Å². The Labute approximate surface area is 218 Å². The van der Waals surface area contributed by atoms with Crippen LogP contribution in [0.5, 0.6) is 5.75 Å². The third kappa shape index (κ3) is 6.71. The summed E-state index contributed by atoms with van der Waals surface area (Å²) in [5.41, 5.74) is 4.59. The smallest absolute Gasteiger partial charge is 0.341 e. The highest BCUT2D eigenvalue weighted by Crippen LogP contribution is 2.33. The normalized spacial score (nSPS) is 11.7. The van der Waals surface area contributed by atoms with Crippen LogP contribution in [-0.4, -0.2) is 36.7 Å². The Bertz CT molecular complexity index is 1290. The lowest BCUT2D eigenvalue weighted by atomic mass is 10.1. The van der Waals surface area contributed by atoms with Gasteiger partial charge >= 0.3 is 5.97 Å². The first kappa shape index (κ1) is 26.9. The Morgan fingerprint density at radius 1 is 1.11 bits per heavy atom. The summed E-state index contributed by atoms with van der Waals surface area (Å²) in [7, 11) is 0. The number of benzene rings is 2. The van der Waals surface area contributed by atoms with Crippen LogP contribution < -0.4 is 15.5 Å². The highest BCUT2D eigenvalue weighted by molar-refractivity contribution is 7.16. The van der Waals surface area contributed by atoms with E-state index in [9.17, 15) is 14.4 Å². The number of nitrogens with one attached hydrogen (secondary N) is 2. The molecule has 0 saturated heterocycles. The molecule has 3 aromatic rings. The number of hydrogen-bond acceptors (Lipinski definition) is 7. The predicted molar refractivity (Wildman–Crippen MR) is 141 cm³/mol. The number of carbonyl (C=O) groups excluding carboxylic acids is 3. The lowest BCUT2D eigenvalue weighted by Crippen LogP contribution is -2.33. The SMILES string of the molecule is CCOC(=O)c1c(NC(=O)c2ccc(O[C@@H](C)C(=O)N/N=C\c3ccccc3Cl)cc2)sc(C)c1C. The first-order valence-corrected chi connectivity index (χ1v) is 12.3. The summed E-state index contributed by atoms with van der Waals surface area (Å²) in [6.45, 7) is 7.25. The number of anilines is 1. The molecule has 1 heterocycles. The number of ether oxygens (including phenoxy) is 2. The molecule has 0 bridgehead atoms. The topological polar surface area (TPSA) is 106 Å². The van der Waals surface area contributed by atoms with Gasteiger partial charge in [0.15, 0.2) is 6.10 Å². The Hall–Kier alpha value is -3.69. The molecule has 2 N–H and O–H groups in total. The van der Waals surface area contributed by atoms with E-state index in [1.54, 1.807) is 56.3 Å². The summed E-state index contributed by atoms with van der Waals surface area (Å²) < 4.78 is 10.8. The van der Waals surface area contributed by atoms with Crippen LogP contribution in [0.2, 0.25) is 5.02 Å². The molecule has 0 radical (unpaired) electrons. The molecular weight excluding hydrogens is 502 g/mol. The van der Waals surface area contributed by atoms with Gasteiger partial charge in [0.25, 0.3) is 11.8 Å². The van der Waals surface area contributed by atoms with Crippen molar-refractivity contribution in [3.63, 3.8) is 0 Å². The minimum absolute atomic E-state index is 0.242. The van der Waals surface area contributed by atoms with Crippen LogP contribution in [0.15, 0.2) is 53.6 Å². The lowest BCUT2D eigenvalue weighted by molar-refractivity contribution is -0.127. The maximum Gasteiger partial charge on any atom is 0.341 e. The van der Waals surface area contributed by atoms with Gasteiger partial charge in [0.05, 0.1) is 18.4 Å². The molecule has 1 aromatic heterocycles. The van der Waals surface area contributed by atoms with Crippen molar-refractivity contribution in [2.45, 2.75) is 33.8 Å². The van der Waals surface area contributed by atoms with Gasteiger partial charge in [-0.25, -0.2) is 10.2 Å². The summed E-state index contributed by atoms with van der Waals surface area (Å²) in [5, 5.41) is 7.66. The second-order valence-corrected chi connectivity index (χ2v) is 9.33. The van der Waals surface area contributed by atoms with Crippen LogP contribution in [0.25, 0.3) is 0 Å². The molecule has 0 unspecified atom stereocenters. The third-order valence-corrected chi connectivity index (χ3v) is 6.64. The van der Waals surface area contributed by atoms with Crippen LogP contribution in [0.3, 0.4) is 0 Å². The molecule has 3 rings (SSSR count). The van der Waals surface area contributed by atoms with Crippen LogP contribution in [-0.2, 0) is 9.53 Å². The quantitative estimate of drug-likeness (QED) is 0.221. The van der Waals surface area contributed by atoms with Gasteiger partial charge < -0.3 is 14.8 Å². The zero-order chi connectivity index (χ0) is 26.2. The number of esters is 1. The monoisotopic (exact) mass is 527 g/mol. The van der Waals surface area contributed by atoms with Gasteiger partial charge in [-0.2, -0.15) is 5.10 Å². The van der Waals surface area contributed by atoms with Crippen LogP contribution in [0, 0.1) is 13.8 Å². The molecule has 8 nitrogen and oxygen atoms in total. The summed E-state index contributed by atoms with van der Waals surface area (Å²) in [6.07, 6.45) is 0.613. The van der Waals surface area contributed by atoms with Gasteiger partial charge in [0.1, 0.15) is 10.8 Å². The molecule has 2 aromatic carbocycles. The molecular formula is C26H26ClN3O5S. The van der Waals surface area contributed by atoms with E-state index in [1.807, 2.05) is 19.9 Å². The van der Waals surface area contributed by atoms with Gasteiger partial charge in [-0.1, -0.05) is 29.8 Å². The van der Waals surface area contributed by atoms with E-state index in [4.69, 9.17) is 21.1 Å². The van der Waals surface area contributed by atoms with Crippen molar-refractivity contribution < 1.29 is 23.9 Å². The van der Waals surface area contributed by atoms with E-state index in [-0.39, 0.29) is 12.5 Å². The second-order valence-electron chi connectivity index (χ2n) is 7.70. The fourth-order valence-electron chi connectivity index (χ4n) is 3.12. The van der Waals surface area contributed by atoms with Crippen LogP contribution in [0.1, 0.15) is 50.6 Å². The van der Waals surface area contributed by atoms with E-state index in [1.165, 1.54) is 17.6 Å². The highest BCUT2D eigenvalue weighted by Gasteiger charge is 2.22. The Balaban J connectivity index is 1.59. The minimum Gasteiger partial charge on any atom is -0.481 e. The van der Waals surface area contributed by atoms with Gasteiger partial charge in [-0.3, -0.25) is 9.59 Å².